The van der Waals surface area contributed by atoms with Crippen LogP contribution in [0, 0.1) is 0 Å². The van der Waals surface area contributed by atoms with Gasteiger partial charge in [0.15, 0.2) is 0 Å². The van der Waals surface area contributed by atoms with Gasteiger partial charge in [0.25, 0.3) is 0 Å². The average Bonchev–Trinajstić information content (AvgIpc) is 1.70. The van der Waals surface area contributed by atoms with Gasteiger partial charge in [-0.25, -0.2) is 34.5 Å². The largest absolute Gasteiger partial charge is 0.494 e. The lowest BCUT2D eigenvalue weighted by Crippen LogP contribution is -2.31. The molecule has 0 fully saturated rings. The minimum absolute atomic E-state index is 0.120. The topological polar surface area (TPSA) is 241 Å². The summed E-state index contributed by atoms with van der Waals surface area (Å²) in [5.74, 6) is -0.535. The van der Waals surface area contributed by atoms with E-state index in [9.17, 15) is 19.2 Å². The first kappa shape index (κ1) is 63.6. The number of nitrogens with one attached hydrogen (secondary N) is 4. The second kappa shape index (κ2) is 28.4. The van der Waals surface area contributed by atoms with Crippen LogP contribution < -0.4 is 50.0 Å². The minimum Gasteiger partial charge on any atom is -0.494 e. The number of methoxy groups -OCH3 is 2. The second-order valence-electron chi connectivity index (χ2n) is 22.0. The maximum atomic E-state index is 14.4. The number of ether oxygens (including phenoxy) is 4. The van der Waals surface area contributed by atoms with Gasteiger partial charge >= 0.3 is 11.9 Å². The van der Waals surface area contributed by atoms with Crippen molar-refractivity contribution < 1.29 is 38.1 Å². The molecular formula is C69H71N15O8. The van der Waals surface area contributed by atoms with Crippen LogP contribution in [0.1, 0.15) is 26.3 Å². The van der Waals surface area contributed by atoms with Crippen LogP contribution in [-0.2, 0) is 30.2 Å². The zero-order valence-corrected chi connectivity index (χ0v) is 52.6. The Morgan fingerprint density at radius 1 is 0.554 bits per heavy atom. The van der Waals surface area contributed by atoms with Crippen LogP contribution in [0.25, 0.3) is 44.3 Å². The Hall–Kier alpha value is -11.4. The monoisotopic (exact) mass is 1240 g/mol. The predicted molar refractivity (Wildman–Crippen MR) is 360 cm³/mol. The number of likely N-dealkylation sites (N-methyl/N-ethyl adjacent to an activating group) is 4. The van der Waals surface area contributed by atoms with Crippen molar-refractivity contribution in [3.63, 3.8) is 0 Å². The lowest BCUT2D eigenvalue weighted by atomic mass is 10.1. The number of carbonyl (C=O) groups is 4. The first-order valence-electron chi connectivity index (χ1n) is 29.3. The van der Waals surface area contributed by atoms with Crippen molar-refractivity contribution in [1.29, 1.82) is 0 Å². The number of rotatable bonds is 26. The quantitative estimate of drug-likeness (QED) is 0.0224. The third kappa shape index (κ3) is 14.5. The Morgan fingerprint density at radius 2 is 1.03 bits per heavy atom. The van der Waals surface area contributed by atoms with Crippen LogP contribution in [0.2, 0.25) is 0 Å². The molecule has 470 valence electrons. The Labute approximate surface area is 532 Å². The van der Waals surface area contributed by atoms with E-state index in [1.54, 1.807) is 49.6 Å². The smallest absolute Gasteiger partial charge is 0.348 e. The Balaban J connectivity index is 0.844. The van der Waals surface area contributed by atoms with Crippen molar-refractivity contribution in [1.82, 2.24) is 43.9 Å². The van der Waals surface area contributed by atoms with Gasteiger partial charge in [0, 0.05) is 143 Å². The fourth-order valence-corrected chi connectivity index (χ4v) is 10.5. The summed E-state index contributed by atoms with van der Waals surface area (Å²) in [5, 5.41) is 14.2. The molecule has 0 saturated heterocycles. The number of anilines is 8. The number of aryl methyl sites for hydroxylation is 2. The van der Waals surface area contributed by atoms with Crippen LogP contribution >= 0.6 is 0 Å². The normalized spacial score (nSPS) is 11.1. The highest BCUT2D eigenvalue weighted by atomic mass is 16.5. The number of pyridine rings is 1. The van der Waals surface area contributed by atoms with E-state index in [-0.39, 0.29) is 34.8 Å². The number of para-hydroxylation sites is 2. The van der Waals surface area contributed by atoms with Crippen molar-refractivity contribution in [3.8, 4) is 45.6 Å². The minimum atomic E-state index is -0.688. The van der Waals surface area contributed by atoms with E-state index in [1.165, 1.54) is 37.9 Å². The highest BCUT2D eigenvalue weighted by molar-refractivity contribution is 6.06. The number of hydrogen-bond donors (Lipinski definition) is 4. The number of fused-ring (bicyclic) bond motifs is 2. The van der Waals surface area contributed by atoms with E-state index in [0.29, 0.717) is 94.4 Å². The predicted octanol–water partition coefficient (Wildman–Crippen LogP) is 10.7. The Kier molecular flexibility index (Phi) is 19.6. The molecule has 0 radical (unpaired) electrons. The second-order valence-corrected chi connectivity index (χ2v) is 22.0. The maximum absolute atomic E-state index is 14.4. The van der Waals surface area contributed by atoms with Crippen molar-refractivity contribution in [2.75, 3.05) is 107 Å². The number of nitrogens with zero attached hydrogens (tertiary/aromatic N) is 11. The molecule has 5 heterocycles. The first-order chi connectivity index (χ1) is 44.4. The molecule has 4 N–H and O–H groups in total. The molecule has 2 amide bonds. The third-order valence-corrected chi connectivity index (χ3v) is 15.3. The summed E-state index contributed by atoms with van der Waals surface area (Å²) in [7, 11) is 16.8. The summed E-state index contributed by atoms with van der Waals surface area (Å²) < 4.78 is 27.4. The van der Waals surface area contributed by atoms with Gasteiger partial charge in [-0.2, -0.15) is 0 Å². The lowest BCUT2D eigenvalue weighted by molar-refractivity contribution is -0.112. The summed E-state index contributed by atoms with van der Waals surface area (Å²) in [6, 6.07) is 35.1. The molecule has 0 aliphatic carbocycles. The third-order valence-electron chi connectivity index (χ3n) is 15.3. The van der Waals surface area contributed by atoms with Crippen LogP contribution in [0.15, 0.2) is 172 Å². The highest BCUT2D eigenvalue weighted by Gasteiger charge is 2.26. The number of amides is 2. The van der Waals surface area contributed by atoms with Gasteiger partial charge < -0.3 is 68.9 Å². The molecule has 0 spiro atoms. The van der Waals surface area contributed by atoms with Crippen molar-refractivity contribution in [2.45, 2.75) is 6.54 Å². The average molecular weight is 1240 g/mol. The molecule has 5 aromatic carbocycles. The number of esters is 2. The van der Waals surface area contributed by atoms with Gasteiger partial charge in [-0.1, -0.05) is 67.8 Å². The molecule has 10 aromatic rings. The molecule has 0 unspecified atom stereocenters. The standard InChI is InChI=1S/C69H71N15O8/c1-12-61(85)73-51-34-53(59(89-10)36-57(51)81(6)32-30-79(3)4)75-68-71-38-47(64(77-68)49-41-83(8)55-22-16-14-20-45(49)55)66(87)91-44-27-25-43(26-28-44)40-80(5)31-33-82(7)58-37-60(90-11)54(35-52(58)74-62(86)13-2)76-69-72-39-48(67(88)92-63-24-18-19-29-70-63)65(78-69)50-42-84(9)56-23-17-15-21-46(50)56/h12-29,34-39,41-42H,1-2,30-33,40H2,3-11H3,(H,73,85)(H,74,86)(H,71,75,77)(H,72,76,78). The van der Waals surface area contributed by atoms with E-state index in [4.69, 9.17) is 28.9 Å². The van der Waals surface area contributed by atoms with E-state index in [1.807, 2.05) is 153 Å². The fraction of sp³-hybridized carbons (Fsp3) is 0.203. The summed E-state index contributed by atoms with van der Waals surface area (Å²) in [4.78, 5) is 85.3. The number of carbonyl (C=O) groups excluding carboxylic acids is 4. The summed E-state index contributed by atoms with van der Waals surface area (Å²) in [6.45, 7) is 10.4. The fourth-order valence-electron chi connectivity index (χ4n) is 10.5. The van der Waals surface area contributed by atoms with Crippen molar-refractivity contribution >= 4 is 91.6 Å². The van der Waals surface area contributed by atoms with Crippen LogP contribution in [0.3, 0.4) is 0 Å². The lowest BCUT2D eigenvalue weighted by Gasteiger charge is -2.27. The maximum Gasteiger partial charge on any atom is 0.348 e. The number of aromatic nitrogens is 7. The molecule has 0 bridgehead atoms. The van der Waals surface area contributed by atoms with Crippen LogP contribution in [0.5, 0.6) is 23.1 Å². The van der Waals surface area contributed by atoms with Crippen molar-refractivity contribution in [3.05, 3.63) is 188 Å². The summed E-state index contributed by atoms with van der Waals surface area (Å²) in [5.41, 5.74) is 8.32. The number of hydrogen-bond acceptors (Lipinski definition) is 19. The summed E-state index contributed by atoms with van der Waals surface area (Å²) in [6.07, 6.45) is 10.6. The van der Waals surface area contributed by atoms with E-state index in [2.05, 4.69) is 59.2 Å². The van der Waals surface area contributed by atoms with Gasteiger partial charge in [0.2, 0.25) is 29.6 Å². The number of benzene rings is 5. The molecule has 0 saturated carbocycles. The van der Waals surface area contributed by atoms with Gasteiger partial charge in [0.05, 0.1) is 59.7 Å². The Bertz CT molecular complexity index is 4400. The molecule has 0 aliphatic rings. The zero-order valence-electron chi connectivity index (χ0n) is 52.6. The molecular weight excluding hydrogens is 1170 g/mol. The zero-order chi connectivity index (χ0) is 65.2. The highest BCUT2D eigenvalue weighted by Crippen LogP contribution is 2.41. The van der Waals surface area contributed by atoms with Gasteiger partial charge in [-0.3, -0.25) is 9.59 Å². The molecule has 5 aromatic heterocycles. The Morgan fingerprint density at radius 3 is 1.50 bits per heavy atom. The van der Waals surface area contributed by atoms with Gasteiger partial charge in [-0.05, 0) is 81.3 Å². The summed E-state index contributed by atoms with van der Waals surface area (Å²) >= 11 is 0. The van der Waals surface area contributed by atoms with E-state index >= 15 is 0 Å². The molecule has 10 rings (SSSR count). The van der Waals surface area contributed by atoms with Gasteiger partial charge in [0.1, 0.15) is 28.4 Å². The van der Waals surface area contributed by atoms with Crippen LogP contribution in [0.4, 0.5) is 46.0 Å². The SMILES string of the molecule is C=CC(=O)Nc1cc(Nc2ncc(C(=O)Oc3ccc(CN(C)CCN(C)c4cc(OC)c(Nc5ncc(C(=O)Oc6ccccn6)c(-c6cn(C)c7ccccc67)n5)cc4NC(=O)C=C)cc3)c(-c3cn(C)c4ccccc34)n2)c(OC)cc1N(C)CCN(C)C. The molecule has 23 heteroatoms. The van der Waals surface area contributed by atoms with E-state index in [0.717, 1.165) is 39.6 Å². The molecule has 0 atom stereocenters. The molecule has 23 nitrogen and oxygen atoms in total. The van der Waals surface area contributed by atoms with Crippen molar-refractivity contribution in [2.24, 2.45) is 14.1 Å². The van der Waals surface area contributed by atoms with E-state index < -0.39 is 17.8 Å². The van der Waals surface area contributed by atoms with Gasteiger partial charge in [-0.15, -0.1) is 0 Å². The molecule has 92 heavy (non-hydrogen) atoms. The van der Waals surface area contributed by atoms with Crippen LogP contribution in [-0.4, -0.2) is 143 Å². The molecule has 0 aliphatic heterocycles. The first-order valence-corrected chi connectivity index (χ1v) is 29.3.